The standard InChI is InChI=1S/C11H18N2O5S/c1-2-8-13(7(5-19-8)11(17)18)10(16)6(12)3-4-9(14)15/h6-8H,2-5,12H2,1H3,(H,14,15)(H,17,18). The van der Waals surface area contributed by atoms with Crippen LogP contribution in [0.15, 0.2) is 0 Å². The van der Waals surface area contributed by atoms with Gasteiger partial charge in [-0.15, -0.1) is 11.8 Å². The molecule has 0 radical (unpaired) electrons. The van der Waals surface area contributed by atoms with Crippen molar-refractivity contribution in [2.45, 2.75) is 43.6 Å². The molecule has 1 heterocycles. The average Bonchev–Trinajstić information content (AvgIpc) is 2.78. The first kappa shape index (κ1) is 15.8. The summed E-state index contributed by atoms with van der Waals surface area (Å²) in [4.78, 5) is 35.1. The fourth-order valence-corrected chi connectivity index (χ4v) is 3.31. The van der Waals surface area contributed by atoms with Gasteiger partial charge in [0, 0.05) is 12.2 Å². The number of carbonyl (C=O) groups excluding carboxylic acids is 1. The highest BCUT2D eigenvalue weighted by Crippen LogP contribution is 2.32. The second-order valence-electron chi connectivity index (χ2n) is 4.33. The van der Waals surface area contributed by atoms with E-state index in [1.807, 2.05) is 6.92 Å². The number of amides is 1. The van der Waals surface area contributed by atoms with Crippen LogP contribution in [-0.4, -0.2) is 56.2 Å². The van der Waals surface area contributed by atoms with E-state index in [1.165, 1.54) is 16.7 Å². The molecular weight excluding hydrogens is 272 g/mol. The number of thioether (sulfide) groups is 1. The Morgan fingerprint density at radius 1 is 1.42 bits per heavy atom. The van der Waals surface area contributed by atoms with Gasteiger partial charge in [-0.1, -0.05) is 6.92 Å². The number of rotatable bonds is 6. The van der Waals surface area contributed by atoms with Crippen LogP contribution in [0.4, 0.5) is 0 Å². The third-order valence-corrected chi connectivity index (χ3v) is 4.42. The van der Waals surface area contributed by atoms with Gasteiger partial charge in [-0.05, 0) is 12.8 Å². The van der Waals surface area contributed by atoms with Crippen molar-refractivity contribution in [2.75, 3.05) is 5.75 Å². The van der Waals surface area contributed by atoms with Gasteiger partial charge in [0.25, 0.3) is 0 Å². The minimum atomic E-state index is -1.05. The number of hydrogen-bond donors (Lipinski definition) is 3. The molecule has 0 aromatic carbocycles. The molecule has 3 unspecified atom stereocenters. The number of carboxylic acid groups (broad SMARTS) is 2. The van der Waals surface area contributed by atoms with E-state index in [4.69, 9.17) is 15.9 Å². The van der Waals surface area contributed by atoms with Crippen LogP contribution in [0.5, 0.6) is 0 Å². The molecule has 4 N–H and O–H groups in total. The molecule has 0 spiro atoms. The predicted molar refractivity (Wildman–Crippen MR) is 69.7 cm³/mol. The van der Waals surface area contributed by atoms with E-state index < -0.39 is 29.9 Å². The number of hydrogen-bond acceptors (Lipinski definition) is 5. The number of aliphatic carboxylic acids is 2. The van der Waals surface area contributed by atoms with Crippen molar-refractivity contribution >= 4 is 29.6 Å². The van der Waals surface area contributed by atoms with Gasteiger partial charge in [-0.2, -0.15) is 0 Å². The van der Waals surface area contributed by atoms with Gasteiger partial charge in [0.2, 0.25) is 5.91 Å². The van der Waals surface area contributed by atoms with E-state index in [1.54, 1.807) is 0 Å². The van der Waals surface area contributed by atoms with Crippen LogP contribution in [0.2, 0.25) is 0 Å². The Morgan fingerprint density at radius 3 is 2.53 bits per heavy atom. The van der Waals surface area contributed by atoms with Crippen LogP contribution in [-0.2, 0) is 14.4 Å². The van der Waals surface area contributed by atoms with Crippen LogP contribution in [0.25, 0.3) is 0 Å². The molecule has 0 aromatic rings. The third kappa shape index (κ3) is 3.84. The monoisotopic (exact) mass is 290 g/mol. The number of carboxylic acids is 2. The second kappa shape index (κ2) is 6.76. The number of nitrogens with two attached hydrogens (primary N) is 1. The van der Waals surface area contributed by atoms with E-state index >= 15 is 0 Å². The maximum atomic E-state index is 12.2. The zero-order valence-corrected chi connectivity index (χ0v) is 11.4. The molecule has 1 fully saturated rings. The molecule has 19 heavy (non-hydrogen) atoms. The first-order valence-corrected chi connectivity index (χ1v) is 7.07. The van der Waals surface area contributed by atoms with Crippen molar-refractivity contribution in [2.24, 2.45) is 5.73 Å². The Labute approximate surface area is 115 Å². The van der Waals surface area contributed by atoms with Crippen LogP contribution >= 0.6 is 11.8 Å². The van der Waals surface area contributed by atoms with E-state index in [0.717, 1.165) is 0 Å². The topological polar surface area (TPSA) is 121 Å². The van der Waals surface area contributed by atoms with Crippen molar-refractivity contribution in [3.8, 4) is 0 Å². The lowest BCUT2D eigenvalue weighted by Gasteiger charge is -2.29. The summed E-state index contributed by atoms with van der Waals surface area (Å²) in [6, 6.07) is -1.84. The van der Waals surface area contributed by atoms with E-state index in [9.17, 15) is 14.4 Å². The first-order valence-electron chi connectivity index (χ1n) is 6.02. The van der Waals surface area contributed by atoms with Gasteiger partial charge in [-0.3, -0.25) is 9.59 Å². The fraction of sp³-hybridized carbons (Fsp3) is 0.727. The van der Waals surface area contributed by atoms with E-state index in [-0.39, 0.29) is 18.2 Å². The Morgan fingerprint density at radius 2 is 2.05 bits per heavy atom. The fourth-order valence-electron chi connectivity index (χ4n) is 1.96. The van der Waals surface area contributed by atoms with Gasteiger partial charge in [0.1, 0.15) is 6.04 Å². The molecule has 1 rings (SSSR count). The summed E-state index contributed by atoms with van der Waals surface area (Å²) < 4.78 is 0. The zero-order chi connectivity index (χ0) is 14.6. The Bertz CT molecular complexity index is 376. The SMILES string of the molecule is CCC1SCC(C(=O)O)N1C(=O)C(N)CCC(=O)O. The molecule has 108 valence electrons. The van der Waals surface area contributed by atoms with Crippen LogP contribution in [0.1, 0.15) is 26.2 Å². The minimum Gasteiger partial charge on any atom is -0.481 e. The molecular formula is C11H18N2O5S. The van der Waals surface area contributed by atoms with Crippen molar-refractivity contribution in [1.82, 2.24) is 4.90 Å². The van der Waals surface area contributed by atoms with Crippen molar-refractivity contribution in [3.63, 3.8) is 0 Å². The maximum absolute atomic E-state index is 12.2. The summed E-state index contributed by atoms with van der Waals surface area (Å²) >= 11 is 1.41. The summed E-state index contributed by atoms with van der Waals surface area (Å²) in [5, 5.41) is 17.5. The molecule has 0 bridgehead atoms. The average molecular weight is 290 g/mol. The Balaban J connectivity index is 2.75. The number of carbonyl (C=O) groups is 3. The highest BCUT2D eigenvalue weighted by Gasteiger charge is 2.42. The smallest absolute Gasteiger partial charge is 0.327 e. The molecule has 0 saturated carbocycles. The summed E-state index contributed by atoms with van der Waals surface area (Å²) in [5.74, 6) is -2.22. The molecule has 8 heteroatoms. The molecule has 7 nitrogen and oxygen atoms in total. The summed E-state index contributed by atoms with van der Waals surface area (Å²) in [7, 11) is 0. The molecule has 1 amide bonds. The molecule has 1 aliphatic rings. The van der Waals surface area contributed by atoms with Crippen molar-refractivity contribution in [1.29, 1.82) is 0 Å². The zero-order valence-electron chi connectivity index (χ0n) is 10.6. The molecule has 0 aromatic heterocycles. The highest BCUT2D eigenvalue weighted by molar-refractivity contribution is 8.00. The summed E-state index contributed by atoms with van der Waals surface area (Å²) in [5.41, 5.74) is 5.67. The first-order chi connectivity index (χ1) is 8.88. The van der Waals surface area contributed by atoms with E-state index in [2.05, 4.69) is 0 Å². The number of nitrogens with zero attached hydrogens (tertiary/aromatic N) is 1. The predicted octanol–water partition coefficient (Wildman–Crippen LogP) is -0.0568. The Kier molecular flexibility index (Phi) is 5.61. The lowest BCUT2D eigenvalue weighted by atomic mass is 10.1. The third-order valence-electron chi connectivity index (χ3n) is 2.97. The van der Waals surface area contributed by atoms with Crippen LogP contribution < -0.4 is 5.73 Å². The molecule has 0 aliphatic carbocycles. The van der Waals surface area contributed by atoms with Gasteiger partial charge >= 0.3 is 11.9 Å². The summed E-state index contributed by atoms with van der Waals surface area (Å²) in [6.45, 7) is 1.87. The van der Waals surface area contributed by atoms with Gasteiger partial charge in [0.05, 0.1) is 11.4 Å². The second-order valence-corrected chi connectivity index (χ2v) is 5.55. The lowest BCUT2D eigenvalue weighted by Crippen LogP contribution is -2.52. The summed E-state index contributed by atoms with van der Waals surface area (Å²) in [6.07, 6.45) is 0.437. The molecule has 1 aliphatic heterocycles. The molecule has 1 saturated heterocycles. The van der Waals surface area contributed by atoms with Gasteiger partial charge in [-0.25, -0.2) is 4.79 Å². The largest absolute Gasteiger partial charge is 0.481 e. The van der Waals surface area contributed by atoms with Crippen molar-refractivity contribution < 1.29 is 24.6 Å². The van der Waals surface area contributed by atoms with E-state index in [0.29, 0.717) is 12.2 Å². The van der Waals surface area contributed by atoms with Crippen LogP contribution in [0.3, 0.4) is 0 Å². The minimum absolute atomic E-state index is 0.0120. The normalized spacial score (nSPS) is 24.2. The van der Waals surface area contributed by atoms with Gasteiger partial charge < -0.3 is 20.8 Å². The van der Waals surface area contributed by atoms with Crippen LogP contribution in [0, 0.1) is 0 Å². The Hall–Kier alpha value is -1.28. The quantitative estimate of drug-likeness (QED) is 0.626. The maximum Gasteiger partial charge on any atom is 0.327 e. The van der Waals surface area contributed by atoms with Crippen molar-refractivity contribution in [3.05, 3.63) is 0 Å². The highest BCUT2D eigenvalue weighted by atomic mass is 32.2. The lowest BCUT2D eigenvalue weighted by molar-refractivity contribution is -0.150. The van der Waals surface area contributed by atoms with Gasteiger partial charge in [0.15, 0.2) is 0 Å². The molecule has 3 atom stereocenters.